The Balaban J connectivity index is 2.04. The lowest BCUT2D eigenvalue weighted by Gasteiger charge is -2.19. The molecule has 0 saturated heterocycles. The van der Waals surface area contributed by atoms with Crippen LogP contribution >= 0.6 is 0 Å². The van der Waals surface area contributed by atoms with Gasteiger partial charge < -0.3 is 4.90 Å². The third-order valence-electron chi connectivity index (χ3n) is 3.10. The van der Waals surface area contributed by atoms with E-state index in [1.165, 1.54) is 17.7 Å². The number of hydrogen-bond acceptors (Lipinski definition) is 1. The van der Waals surface area contributed by atoms with E-state index in [1.807, 2.05) is 23.1 Å². The normalized spacial score (nSPS) is 13.9. The summed E-state index contributed by atoms with van der Waals surface area (Å²) in [5.41, 5.74) is 3.03. The molecule has 1 nitrogen and oxygen atoms in total. The second kappa shape index (κ2) is 3.84. The molecule has 17 heavy (non-hydrogen) atoms. The van der Waals surface area contributed by atoms with Gasteiger partial charge in [-0.05, 0) is 30.2 Å². The van der Waals surface area contributed by atoms with E-state index in [-0.39, 0.29) is 0 Å². The van der Waals surface area contributed by atoms with Crippen molar-refractivity contribution in [1.29, 1.82) is 0 Å². The van der Waals surface area contributed by atoms with Gasteiger partial charge in [-0.3, -0.25) is 0 Å². The fourth-order valence-electron chi connectivity index (χ4n) is 2.26. The van der Waals surface area contributed by atoms with Crippen molar-refractivity contribution in [3.63, 3.8) is 0 Å². The van der Waals surface area contributed by atoms with Crippen molar-refractivity contribution in [3.8, 4) is 0 Å². The van der Waals surface area contributed by atoms with Crippen LogP contribution in [0.25, 0.3) is 0 Å². The van der Waals surface area contributed by atoms with Gasteiger partial charge in [0.25, 0.3) is 0 Å². The number of rotatable bonds is 1. The first-order valence-electron chi connectivity index (χ1n) is 5.56. The molecule has 0 saturated carbocycles. The van der Waals surface area contributed by atoms with Crippen LogP contribution in [0.5, 0.6) is 0 Å². The van der Waals surface area contributed by atoms with Gasteiger partial charge in [-0.2, -0.15) is 0 Å². The smallest absolute Gasteiger partial charge is 0.160 e. The molecule has 0 fully saturated rings. The van der Waals surface area contributed by atoms with Crippen LogP contribution in [-0.4, -0.2) is 6.54 Å². The van der Waals surface area contributed by atoms with E-state index >= 15 is 0 Å². The largest absolute Gasteiger partial charge is 0.341 e. The number of fused-ring (bicyclic) bond motifs is 1. The first kappa shape index (κ1) is 10.3. The molecular formula is C14H11F2N. The Kier molecular flexibility index (Phi) is 2.32. The van der Waals surface area contributed by atoms with Crippen LogP contribution < -0.4 is 4.90 Å². The highest BCUT2D eigenvalue weighted by Gasteiger charge is 2.20. The molecule has 0 spiro atoms. The van der Waals surface area contributed by atoms with Crippen molar-refractivity contribution in [2.45, 2.75) is 6.42 Å². The lowest BCUT2D eigenvalue weighted by molar-refractivity contribution is 0.508. The summed E-state index contributed by atoms with van der Waals surface area (Å²) in [5, 5.41) is 0. The molecule has 0 bridgehead atoms. The molecule has 3 heteroatoms. The first-order chi connectivity index (χ1) is 8.25. The van der Waals surface area contributed by atoms with Gasteiger partial charge in [-0.15, -0.1) is 0 Å². The fraction of sp³-hybridized carbons (Fsp3) is 0.143. The quantitative estimate of drug-likeness (QED) is 0.724. The number of anilines is 2. The maximum atomic E-state index is 13.2. The maximum Gasteiger partial charge on any atom is 0.160 e. The van der Waals surface area contributed by atoms with Gasteiger partial charge in [-0.1, -0.05) is 18.2 Å². The van der Waals surface area contributed by atoms with Gasteiger partial charge in [0, 0.05) is 24.0 Å². The molecule has 3 rings (SSSR count). The Hall–Kier alpha value is -1.90. The van der Waals surface area contributed by atoms with E-state index in [2.05, 4.69) is 6.07 Å². The lowest BCUT2D eigenvalue weighted by atomic mass is 10.2. The van der Waals surface area contributed by atoms with Gasteiger partial charge in [0.15, 0.2) is 11.6 Å². The average Bonchev–Trinajstić information content (AvgIpc) is 2.76. The Morgan fingerprint density at radius 1 is 0.941 bits per heavy atom. The van der Waals surface area contributed by atoms with Gasteiger partial charge in [0.1, 0.15) is 0 Å². The lowest BCUT2D eigenvalue weighted by Crippen LogP contribution is -2.13. The number of para-hydroxylation sites is 1. The second-order valence-electron chi connectivity index (χ2n) is 4.13. The van der Waals surface area contributed by atoms with Crippen molar-refractivity contribution >= 4 is 11.4 Å². The molecule has 1 aliphatic heterocycles. The maximum absolute atomic E-state index is 13.2. The monoisotopic (exact) mass is 231 g/mol. The van der Waals surface area contributed by atoms with E-state index in [0.717, 1.165) is 18.7 Å². The summed E-state index contributed by atoms with van der Waals surface area (Å²) in [6.07, 6.45) is 0.940. The highest BCUT2D eigenvalue weighted by molar-refractivity contribution is 5.69. The summed E-state index contributed by atoms with van der Waals surface area (Å²) < 4.78 is 26.1. The highest BCUT2D eigenvalue weighted by atomic mass is 19.2. The number of hydrogen-bond donors (Lipinski definition) is 0. The number of nitrogens with zero attached hydrogens (tertiary/aromatic N) is 1. The summed E-state index contributed by atoms with van der Waals surface area (Å²) in [7, 11) is 0. The fourth-order valence-corrected chi connectivity index (χ4v) is 2.26. The minimum Gasteiger partial charge on any atom is -0.341 e. The summed E-state index contributed by atoms with van der Waals surface area (Å²) in [4.78, 5) is 2.01. The zero-order chi connectivity index (χ0) is 11.8. The van der Waals surface area contributed by atoms with Gasteiger partial charge in [0.2, 0.25) is 0 Å². The molecule has 0 N–H and O–H groups in total. The van der Waals surface area contributed by atoms with E-state index in [1.54, 1.807) is 6.07 Å². The van der Waals surface area contributed by atoms with Crippen LogP contribution in [-0.2, 0) is 6.42 Å². The SMILES string of the molecule is Fc1ccc(N2CCc3ccccc32)cc1F. The molecule has 0 atom stereocenters. The number of halogens is 2. The van der Waals surface area contributed by atoms with Crippen LogP contribution in [0.1, 0.15) is 5.56 Å². The van der Waals surface area contributed by atoms with E-state index in [4.69, 9.17) is 0 Å². The Labute approximate surface area is 98.3 Å². The van der Waals surface area contributed by atoms with E-state index in [9.17, 15) is 8.78 Å². The van der Waals surface area contributed by atoms with Crippen molar-refractivity contribution in [3.05, 3.63) is 59.7 Å². The number of benzene rings is 2. The minimum atomic E-state index is -0.804. The molecule has 0 aliphatic carbocycles. The summed E-state index contributed by atoms with van der Waals surface area (Å²) in [6.45, 7) is 0.810. The van der Waals surface area contributed by atoms with Crippen LogP contribution in [0.15, 0.2) is 42.5 Å². The van der Waals surface area contributed by atoms with E-state index < -0.39 is 11.6 Å². The van der Waals surface area contributed by atoms with Gasteiger partial charge in [0.05, 0.1) is 0 Å². The van der Waals surface area contributed by atoms with Crippen LogP contribution in [0.3, 0.4) is 0 Å². The molecule has 2 aromatic carbocycles. The van der Waals surface area contributed by atoms with Crippen molar-refractivity contribution < 1.29 is 8.78 Å². The molecule has 0 aromatic heterocycles. The Bertz CT molecular complexity index is 566. The minimum absolute atomic E-state index is 0.703. The van der Waals surface area contributed by atoms with Crippen molar-refractivity contribution in [1.82, 2.24) is 0 Å². The predicted octanol–water partition coefficient (Wildman–Crippen LogP) is 3.66. The summed E-state index contributed by atoms with van der Waals surface area (Å²) in [6, 6.07) is 12.0. The molecule has 2 aromatic rings. The van der Waals surface area contributed by atoms with E-state index in [0.29, 0.717) is 5.69 Å². The summed E-state index contributed by atoms with van der Waals surface area (Å²) >= 11 is 0. The highest BCUT2D eigenvalue weighted by Crippen LogP contribution is 2.34. The topological polar surface area (TPSA) is 3.24 Å². The molecule has 86 valence electrons. The molecule has 0 unspecified atom stereocenters. The average molecular weight is 231 g/mol. The molecular weight excluding hydrogens is 220 g/mol. The summed E-state index contributed by atoms with van der Waals surface area (Å²) in [5.74, 6) is -1.60. The van der Waals surface area contributed by atoms with Crippen LogP contribution in [0.4, 0.5) is 20.2 Å². The van der Waals surface area contributed by atoms with Gasteiger partial charge >= 0.3 is 0 Å². The van der Waals surface area contributed by atoms with Gasteiger partial charge in [-0.25, -0.2) is 8.78 Å². The third kappa shape index (κ3) is 1.68. The standard InChI is InChI=1S/C14H11F2N/c15-12-6-5-11(9-13(12)16)17-8-7-10-3-1-2-4-14(10)17/h1-6,9H,7-8H2. The molecule has 0 amide bonds. The van der Waals surface area contributed by atoms with Crippen molar-refractivity contribution in [2.24, 2.45) is 0 Å². The Morgan fingerprint density at radius 2 is 1.76 bits per heavy atom. The molecule has 0 radical (unpaired) electrons. The predicted molar refractivity (Wildman–Crippen MR) is 63.5 cm³/mol. The zero-order valence-electron chi connectivity index (χ0n) is 9.16. The Morgan fingerprint density at radius 3 is 2.59 bits per heavy atom. The molecule has 1 heterocycles. The van der Waals surface area contributed by atoms with Crippen LogP contribution in [0.2, 0.25) is 0 Å². The first-order valence-corrected chi connectivity index (χ1v) is 5.56. The van der Waals surface area contributed by atoms with Crippen molar-refractivity contribution in [2.75, 3.05) is 11.4 Å². The second-order valence-corrected chi connectivity index (χ2v) is 4.13. The molecule has 1 aliphatic rings. The van der Waals surface area contributed by atoms with Crippen LogP contribution in [0, 0.1) is 11.6 Å². The third-order valence-corrected chi connectivity index (χ3v) is 3.10. The zero-order valence-corrected chi connectivity index (χ0v) is 9.16.